The predicted molar refractivity (Wildman–Crippen MR) is 72.6 cm³/mol. The van der Waals surface area contributed by atoms with Gasteiger partial charge >= 0.3 is 0 Å². The number of hydroxylamine groups is 2. The predicted octanol–water partition coefficient (Wildman–Crippen LogP) is 2.04. The van der Waals surface area contributed by atoms with Gasteiger partial charge in [-0.1, -0.05) is 6.92 Å². The zero-order valence-electron chi connectivity index (χ0n) is 11.8. The highest BCUT2D eigenvalue weighted by molar-refractivity contribution is 5.83. The molecule has 0 radical (unpaired) electrons. The molecule has 1 unspecified atom stereocenters. The van der Waals surface area contributed by atoms with Crippen molar-refractivity contribution in [1.29, 1.82) is 0 Å². The van der Waals surface area contributed by atoms with Gasteiger partial charge in [0.25, 0.3) is 0 Å². The maximum atomic E-state index is 12.3. The Bertz CT molecular complexity index is 301. The number of carbonyl (C=O) groups excluding carboxylic acids is 1. The van der Waals surface area contributed by atoms with E-state index in [0.717, 1.165) is 25.9 Å². The van der Waals surface area contributed by atoms with Crippen LogP contribution in [0.25, 0.3) is 0 Å². The highest BCUT2D eigenvalue weighted by Gasteiger charge is 2.28. The van der Waals surface area contributed by atoms with E-state index >= 15 is 0 Å². The van der Waals surface area contributed by atoms with E-state index in [1.807, 2.05) is 0 Å². The monoisotopic (exact) mass is 269 g/mol. The Morgan fingerprint density at radius 1 is 1.32 bits per heavy atom. The van der Waals surface area contributed by atoms with Crippen LogP contribution >= 0.6 is 0 Å². The second-order valence-corrected chi connectivity index (χ2v) is 6.26. The molecule has 1 N–H and O–H groups in total. The molecule has 2 fully saturated rings. The summed E-state index contributed by atoms with van der Waals surface area (Å²) in [5.74, 6) is 1.11. The Labute approximate surface area is 115 Å². The lowest BCUT2D eigenvalue weighted by molar-refractivity contribution is -0.128. The van der Waals surface area contributed by atoms with Crippen molar-refractivity contribution in [3.63, 3.8) is 0 Å². The number of piperidine rings is 1. The van der Waals surface area contributed by atoms with E-state index in [9.17, 15) is 10.0 Å². The van der Waals surface area contributed by atoms with Gasteiger partial charge in [0.05, 0.1) is 6.54 Å². The molecule has 1 heterocycles. The summed E-state index contributed by atoms with van der Waals surface area (Å²) in [4.78, 5) is 14.5. The van der Waals surface area contributed by atoms with Crippen LogP contribution in [0, 0.1) is 17.0 Å². The van der Waals surface area contributed by atoms with Gasteiger partial charge in [0.15, 0.2) is 0 Å². The van der Waals surface area contributed by atoms with Crippen LogP contribution in [0.5, 0.6) is 0 Å². The molecule has 0 spiro atoms. The van der Waals surface area contributed by atoms with Crippen LogP contribution in [-0.2, 0) is 4.79 Å². The average Bonchev–Trinajstić information content (AvgIpc) is 2.39. The molecule has 0 aromatic carbocycles. The van der Waals surface area contributed by atoms with E-state index in [2.05, 4.69) is 11.8 Å². The molecule has 1 aliphatic carbocycles. The number of ketones is 1. The molecular formula is C14H25N2O3-. The third-order valence-corrected chi connectivity index (χ3v) is 4.58. The first-order chi connectivity index (χ1) is 9.06. The van der Waals surface area contributed by atoms with Crippen molar-refractivity contribution in [3.8, 4) is 0 Å². The molecule has 1 aliphatic heterocycles. The fraction of sp³-hybridized carbons (Fsp3) is 0.929. The maximum absolute atomic E-state index is 12.3. The largest absolute Gasteiger partial charge is 0.762 e. The van der Waals surface area contributed by atoms with Crippen LogP contribution in [0.3, 0.4) is 0 Å². The summed E-state index contributed by atoms with van der Waals surface area (Å²) in [6.45, 7) is 4.88. The molecule has 1 saturated carbocycles. The Hall–Kier alpha value is -0.490. The molecule has 0 bridgehead atoms. The number of carbonyl (C=O) groups is 1. The van der Waals surface area contributed by atoms with E-state index in [1.54, 1.807) is 0 Å². The first-order valence-electron chi connectivity index (χ1n) is 7.46. The molecule has 19 heavy (non-hydrogen) atoms. The van der Waals surface area contributed by atoms with Crippen LogP contribution in [0.1, 0.15) is 45.4 Å². The third kappa shape index (κ3) is 4.24. The second-order valence-electron chi connectivity index (χ2n) is 6.26. The first-order valence-corrected chi connectivity index (χ1v) is 7.46. The Balaban J connectivity index is 1.75. The topological polar surface area (TPSA) is 66.8 Å². The van der Waals surface area contributed by atoms with Gasteiger partial charge < -0.3 is 10.4 Å². The molecule has 0 amide bonds. The fourth-order valence-electron chi connectivity index (χ4n) is 3.40. The number of likely N-dealkylation sites (tertiary alicyclic amines) is 1. The standard InChI is InChI=1S/C14H25N2O3/c1-11-3-2-8-15(9-11)10-14(17)12-4-6-13(7-5-12)16(18)19/h11-13,18H,2-10H2,1H3/q-1. The van der Waals surface area contributed by atoms with Gasteiger partial charge in [0.1, 0.15) is 5.78 Å². The number of hydrogen-bond acceptors (Lipinski definition) is 5. The van der Waals surface area contributed by atoms with Crippen LogP contribution in [0.2, 0.25) is 0 Å². The summed E-state index contributed by atoms with van der Waals surface area (Å²) in [7, 11) is 0. The highest BCUT2D eigenvalue weighted by Crippen LogP contribution is 2.28. The van der Waals surface area contributed by atoms with Gasteiger partial charge in [-0.05, 0) is 51.0 Å². The quantitative estimate of drug-likeness (QED) is 0.791. The summed E-state index contributed by atoms with van der Waals surface area (Å²) >= 11 is 0. The zero-order chi connectivity index (χ0) is 13.8. The van der Waals surface area contributed by atoms with Crippen molar-refractivity contribution in [1.82, 2.24) is 10.1 Å². The number of nitrogens with zero attached hydrogens (tertiary/aromatic N) is 2. The van der Waals surface area contributed by atoms with Crippen molar-refractivity contribution in [2.75, 3.05) is 19.6 Å². The van der Waals surface area contributed by atoms with Crippen molar-refractivity contribution in [2.24, 2.45) is 11.8 Å². The van der Waals surface area contributed by atoms with Gasteiger partial charge in [-0.15, -0.1) is 0 Å². The van der Waals surface area contributed by atoms with E-state index in [-0.39, 0.29) is 17.2 Å². The Morgan fingerprint density at radius 3 is 2.58 bits per heavy atom. The van der Waals surface area contributed by atoms with Gasteiger partial charge in [0, 0.05) is 18.5 Å². The molecule has 2 aliphatic rings. The maximum Gasteiger partial charge on any atom is 0.149 e. The molecule has 0 aromatic rings. The average molecular weight is 269 g/mol. The molecule has 5 heteroatoms. The number of Topliss-reactive ketones (excluding diaryl/α,β-unsaturated/α-hetero) is 1. The van der Waals surface area contributed by atoms with Crippen LogP contribution in [-0.4, -0.2) is 46.8 Å². The smallest absolute Gasteiger partial charge is 0.149 e. The molecule has 0 aromatic heterocycles. The Morgan fingerprint density at radius 2 is 2.00 bits per heavy atom. The fourth-order valence-corrected chi connectivity index (χ4v) is 3.40. The van der Waals surface area contributed by atoms with Gasteiger partial charge in [0.2, 0.25) is 0 Å². The van der Waals surface area contributed by atoms with Gasteiger partial charge in [-0.2, -0.15) is 0 Å². The molecule has 1 saturated heterocycles. The van der Waals surface area contributed by atoms with E-state index in [1.165, 1.54) is 12.8 Å². The minimum atomic E-state index is -0.306. The summed E-state index contributed by atoms with van der Waals surface area (Å²) < 4.78 is 0. The molecule has 2 rings (SSSR count). The molecular weight excluding hydrogens is 244 g/mol. The molecule has 5 nitrogen and oxygen atoms in total. The van der Waals surface area contributed by atoms with Crippen LogP contribution in [0.15, 0.2) is 0 Å². The third-order valence-electron chi connectivity index (χ3n) is 4.58. The summed E-state index contributed by atoms with van der Waals surface area (Å²) in [5, 5.41) is 19.7. The number of rotatable bonds is 4. The van der Waals surface area contributed by atoms with Crippen molar-refractivity contribution in [3.05, 3.63) is 5.21 Å². The van der Waals surface area contributed by atoms with Crippen LogP contribution in [0.4, 0.5) is 0 Å². The lowest BCUT2D eigenvalue weighted by Crippen LogP contribution is -2.41. The first kappa shape index (κ1) is 14.9. The van der Waals surface area contributed by atoms with Crippen molar-refractivity contribution < 1.29 is 10.0 Å². The highest BCUT2D eigenvalue weighted by atomic mass is 16.8. The minimum absolute atomic E-state index is 0.0625. The summed E-state index contributed by atoms with van der Waals surface area (Å²) in [6.07, 6.45) is 5.21. The van der Waals surface area contributed by atoms with E-state index < -0.39 is 0 Å². The number of hydrogen-bond donors (Lipinski definition) is 1. The van der Waals surface area contributed by atoms with Crippen LogP contribution < -0.4 is 0 Å². The zero-order valence-corrected chi connectivity index (χ0v) is 11.8. The van der Waals surface area contributed by atoms with Crippen molar-refractivity contribution in [2.45, 2.75) is 51.5 Å². The van der Waals surface area contributed by atoms with Gasteiger partial charge in [-0.25, -0.2) is 0 Å². The normalized spacial score (nSPS) is 33.6. The van der Waals surface area contributed by atoms with Crippen molar-refractivity contribution >= 4 is 5.78 Å². The van der Waals surface area contributed by atoms with E-state index in [4.69, 9.17) is 5.21 Å². The molecule has 110 valence electrons. The minimum Gasteiger partial charge on any atom is -0.762 e. The SMILES string of the molecule is CC1CCCN(CC(=O)C2CCC(N([O-])O)CC2)C1. The lowest BCUT2D eigenvalue weighted by Gasteiger charge is -2.37. The lowest BCUT2D eigenvalue weighted by atomic mass is 9.83. The second kappa shape index (κ2) is 6.79. The summed E-state index contributed by atoms with van der Waals surface area (Å²) in [6, 6.07) is -0.306. The Kier molecular flexibility index (Phi) is 5.33. The van der Waals surface area contributed by atoms with Gasteiger partial charge in [-0.3, -0.25) is 14.9 Å². The summed E-state index contributed by atoms with van der Waals surface area (Å²) in [5.41, 5.74) is 0. The van der Waals surface area contributed by atoms with E-state index in [0.29, 0.717) is 31.1 Å². The molecule has 1 atom stereocenters.